The molecule has 0 unspecified atom stereocenters. The van der Waals surface area contributed by atoms with Crippen molar-refractivity contribution in [3.8, 4) is 0 Å². The van der Waals surface area contributed by atoms with Crippen molar-refractivity contribution in [2.75, 3.05) is 6.61 Å². The number of carbonyl (C=O) groups is 1. The summed E-state index contributed by atoms with van der Waals surface area (Å²) in [5, 5.41) is 1.16. The molecule has 34 heavy (non-hydrogen) atoms. The van der Waals surface area contributed by atoms with E-state index >= 15 is 4.39 Å². The van der Waals surface area contributed by atoms with Gasteiger partial charge in [-0.3, -0.25) is 4.79 Å². The van der Waals surface area contributed by atoms with Crippen LogP contribution in [0.3, 0.4) is 0 Å². The summed E-state index contributed by atoms with van der Waals surface area (Å²) in [6, 6.07) is 19.4. The third-order valence-electron chi connectivity index (χ3n) is 7.54. The Morgan fingerprint density at radius 1 is 1.12 bits per heavy atom. The maximum Gasteiger partial charge on any atom is 0.303 e. The van der Waals surface area contributed by atoms with Crippen molar-refractivity contribution in [1.82, 2.24) is 0 Å². The fourth-order valence-corrected chi connectivity index (χ4v) is 9.17. The van der Waals surface area contributed by atoms with Crippen molar-refractivity contribution in [1.29, 1.82) is 0 Å². The molecular formula is C27H35FO5Si. The molecule has 1 aliphatic carbocycles. The molecular weight excluding hydrogens is 451 g/mol. The predicted molar refractivity (Wildman–Crippen MR) is 131 cm³/mol. The molecule has 7 heteroatoms. The Hall–Kier alpha value is -2.06. The van der Waals surface area contributed by atoms with Crippen LogP contribution in [0.15, 0.2) is 60.7 Å². The molecule has 2 aliphatic rings. The molecule has 1 saturated carbocycles. The minimum absolute atomic E-state index is 0.0659. The topological polar surface area (TPSA) is 65.0 Å². The molecule has 0 aromatic heterocycles. The molecule has 2 aromatic rings. The lowest BCUT2D eigenvalue weighted by Gasteiger charge is -2.42. The van der Waals surface area contributed by atoms with Gasteiger partial charge in [-0.05, 0) is 42.1 Å². The molecule has 3 atom stereocenters. The Bertz CT molecular complexity index is 988. The van der Waals surface area contributed by atoms with E-state index < -0.39 is 42.5 Å². The fourth-order valence-electron chi connectivity index (χ4n) is 5.44. The minimum Gasteiger partial charge on any atom is -0.453 e. The monoisotopic (exact) mass is 486 g/mol. The molecule has 0 amide bonds. The first-order chi connectivity index (χ1) is 15.9. The highest BCUT2D eigenvalue weighted by atomic mass is 28.4. The summed E-state index contributed by atoms with van der Waals surface area (Å²) >= 11 is 0. The van der Waals surface area contributed by atoms with Gasteiger partial charge in [-0.2, -0.15) is 0 Å². The van der Waals surface area contributed by atoms with E-state index in [1.807, 2.05) is 74.5 Å². The molecule has 2 aromatic carbocycles. The number of hydrogen-bond acceptors (Lipinski definition) is 5. The maximum absolute atomic E-state index is 16.3. The Labute approximate surface area is 202 Å². The first-order valence-corrected chi connectivity index (χ1v) is 13.8. The zero-order chi connectivity index (χ0) is 24.8. The third kappa shape index (κ3) is 4.23. The van der Waals surface area contributed by atoms with Gasteiger partial charge in [0.05, 0.1) is 6.61 Å². The number of esters is 1. The first kappa shape index (κ1) is 25.0. The van der Waals surface area contributed by atoms with Crippen molar-refractivity contribution >= 4 is 24.7 Å². The minimum atomic E-state index is -3.26. The van der Waals surface area contributed by atoms with Gasteiger partial charge >= 0.3 is 5.97 Å². The Morgan fingerprint density at radius 3 is 2.09 bits per heavy atom. The van der Waals surface area contributed by atoms with E-state index in [9.17, 15) is 9.59 Å². The molecule has 2 fully saturated rings. The van der Waals surface area contributed by atoms with Gasteiger partial charge in [0.2, 0.25) is 0 Å². The van der Waals surface area contributed by atoms with Crippen LogP contribution < -0.4 is 10.4 Å². The number of hydrogen-bond donors (Lipinski definition) is 1. The van der Waals surface area contributed by atoms with Gasteiger partial charge in [-0.25, -0.2) is 4.39 Å². The normalized spacial score (nSPS) is 28.5. The second-order valence-electron chi connectivity index (χ2n) is 10.8. The van der Waals surface area contributed by atoms with Crippen molar-refractivity contribution in [3.05, 3.63) is 60.7 Å². The van der Waals surface area contributed by atoms with E-state index in [1.54, 1.807) is 13.8 Å². The summed E-state index contributed by atoms with van der Waals surface area (Å²) in [6.07, 6.45) is -0.0477. The summed E-state index contributed by atoms with van der Waals surface area (Å²) in [7, 11) is -3.26. The van der Waals surface area contributed by atoms with E-state index in [1.165, 1.54) is 6.92 Å². The largest absolute Gasteiger partial charge is 0.453 e. The van der Waals surface area contributed by atoms with E-state index in [4.69, 9.17) is 14.2 Å². The van der Waals surface area contributed by atoms with E-state index in [2.05, 4.69) is 0 Å². The number of benzene rings is 2. The van der Waals surface area contributed by atoms with Gasteiger partial charge in [-0.1, -0.05) is 74.5 Å². The van der Waals surface area contributed by atoms with Crippen LogP contribution in [0.25, 0.3) is 0 Å². The second kappa shape index (κ2) is 8.55. The Balaban J connectivity index is 1.61. The van der Waals surface area contributed by atoms with E-state index in [-0.39, 0.29) is 19.4 Å². The van der Waals surface area contributed by atoms with E-state index in [0.29, 0.717) is 6.42 Å². The second-order valence-corrected chi connectivity index (χ2v) is 14.7. The molecule has 1 saturated heterocycles. The molecule has 0 radical (unpaired) electrons. The SMILES string of the molecule is CC(=O)O[C@@]1([C@H]2COC(C)(C)O2)C[C@]1(F)CCC(C)(C)[Si](O)(c1ccccc1)c1ccccc1. The average molecular weight is 487 g/mol. The molecule has 0 spiro atoms. The van der Waals surface area contributed by atoms with Crippen molar-refractivity contribution < 1.29 is 28.2 Å². The smallest absolute Gasteiger partial charge is 0.303 e. The third-order valence-corrected chi connectivity index (χ3v) is 12.1. The molecule has 1 heterocycles. The summed E-state index contributed by atoms with van der Waals surface area (Å²) in [5.41, 5.74) is -3.10. The van der Waals surface area contributed by atoms with Gasteiger partial charge in [-0.15, -0.1) is 0 Å². The van der Waals surface area contributed by atoms with Crippen LogP contribution in [0.1, 0.15) is 53.9 Å². The highest BCUT2D eigenvalue weighted by molar-refractivity contribution is 6.98. The van der Waals surface area contributed by atoms with Gasteiger partial charge < -0.3 is 19.0 Å². The zero-order valence-electron chi connectivity index (χ0n) is 20.6. The van der Waals surface area contributed by atoms with Crippen LogP contribution in [-0.2, 0) is 19.0 Å². The van der Waals surface area contributed by atoms with E-state index in [0.717, 1.165) is 10.4 Å². The molecule has 1 aliphatic heterocycles. The first-order valence-electron chi connectivity index (χ1n) is 11.9. The summed E-state index contributed by atoms with van der Waals surface area (Å²) in [5.74, 6) is -1.39. The van der Waals surface area contributed by atoms with Crippen LogP contribution in [0.2, 0.25) is 5.04 Å². The summed E-state index contributed by atoms with van der Waals surface area (Å²) in [6.45, 7) is 9.02. The number of alkyl halides is 1. The van der Waals surface area contributed by atoms with Crippen LogP contribution in [0, 0.1) is 0 Å². The number of carbonyl (C=O) groups excluding carboxylic acids is 1. The number of rotatable bonds is 8. The van der Waals surface area contributed by atoms with Crippen LogP contribution in [0.5, 0.6) is 0 Å². The predicted octanol–water partition coefficient (Wildman–Crippen LogP) is 3.86. The fraction of sp³-hybridized carbons (Fsp3) is 0.519. The van der Waals surface area contributed by atoms with Gasteiger partial charge in [0.25, 0.3) is 8.32 Å². The molecule has 0 bridgehead atoms. The molecule has 184 valence electrons. The highest BCUT2D eigenvalue weighted by Crippen LogP contribution is 2.62. The van der Waals surface area contributed by atoms with Crippen LogP contribution in [-0.4, -0.2) is 48.9 Å². The lowest BCUT2D eigenvalue weighted by Crippen LogP contribution is -2.65. The molecule has 4 rings (SSSR count). The standard InChI is InChI=1S/C27H35FO5Si/c1-20(29)32-27(23-18-31-25(4,5)33-23)19-26(27,28)17-16-24(2,3)34(30,21-12-8-6-9-13-21)22-14-10-7-11-15-22/h6-15,23,30H,16-19H2,1-5H3/t23-,26-,27-/m1/s1. The number of ether oxygens (including phenoxy) is 3. The van der Waals surface area contributed by atoms with Crippen LogP contribution >= 0.6 is 0 Å². The highest BCUT2D eigenvalue weighted by Gasteiger charge is 2.77. The van der Waals surface area contributed by atoms with Gasteiger partial charge in [0.15, 0.2) is 17.1 Å². The lowest BCUT2D eigenvalue weighted by atomic mass is 9.99. The van der Waals surface area contributed by atoms with Crippen molar-refractivity contribution in [2.24, 2.45) is 0 Å². The zero-order valence-corrected chi connectivity index (χ0v) is 21.6. The Morgan fingerprint density at radius 2 is 1.65 bits per heavy atom. The summed E-state index contributed by atoms with van der Waals surface area (Å²) in [4.78, 5) is 24.3. The lowest BCUT2D eigenvalue weighted by molar-refractivity contribution is -0.180. The van der Waals surface area contributed by atoms with Gasteiger partial charge in [0, 0.05) is 13.3 Å². The van der Waals surface area contributed by atoms with Gasteiger partial charge in [0.1, 0.15) is 6.10 Å². The average Bonchev–Trinajstić information content (AvgIpc) is 3.20. The quantitative estimate of drug-likeness (QED) is 0.453. The van der Waals surface area contributed by atoms with Crippen molar-refractivity contribution in [2.45, 2.75) is 82.1 Å². The number of halogens is 1. The van der Waals surface area contributed by atoms with Crippen LogP contribution in [0.4, 0.5) is 4.39 Å². The van der Waals surface area contributed by atoms with Crippen molar-refractivity contribution in [3.63, 3.8) is 0 Å². The summed E-state index contributed by atoms with van der Waals surface area (Å²) < 4.78 is 33.5. The maximum atomic E-state index is 16.3. The molecule has 1 N–H and O–H groups in total. The Kier molecular flexibility index (Phi) is 6.30. The molecule has 5 nitrogen and oxygen atoms in total.